The van der Waals surface area contributed by atoms with Crippen molar-refractivity contribution in [2.24, 2.45) is 0 Å². The highest BCUT2D eigenvalue weighted by Gasteiger charge is 2.12. The molecule has 1 aromatic heterocycles. The first kappa shape index (κ1) is 9.97. The van der Waals surface area contributed by atoms with Crippen LogP contribution in [0.1, 0.15) is 0 Å². The molecule has 0 atom stereocenters. The van der Waals surface area contributed by atoms with Gasteiger partial charge < -0.3 is 10.1 Å². The van der Waals surface area contributed by atoms with Gasteiger partial charge >= 0.3 is 0 Å². The van der Waals surface area contributed by atoms with E-state index in [1.54, 1.807) is 0 Å². The summed E-state index contributed by atoms with van der Waals surface area (Å²) in [6.07, 6.45) is 1.05. The minimum absolute atomic E-state index is 0.00231. The molecule has 2 aromatic rings. The van der Waals surface area contributed by atoms with E-state index in [0.29, 0.717) is 10.9 Å². The highest BCUT2D eigenvalue weighted by atomic mass is 32.2. The van der Waals surface area contributed by atoms with E-state index in [0.717, 1.165) is 18.4 Å². The van der Waals surface area contributed by atoms with Gasteiger partial charge in [0.05, 0.1) is 5.52 Å². The number of hydrogen-bond donors (Lipinski definition) is 2. The molecule has 1 heterocycles. The second-order valence-corrected chi connectivity index (χ2v) is 5.28. The Labute approximate surface area is 85.3 Å². The summed E-state index contributed by atoms with van der Waals surface area (Å²) in [5.74, 6) is -1.29. The van der Waals surface area contributed by atoms with E-state index >= 15 is 0 Å². The van der Waals surface area contributed by atoms with Crippen molar-refractivity contribution in [3.05, 3.63) is 24.0 Å². The highest BCUT2D eigenvalue weighted by Crippen LogP contribution is 2.25. The second kappa shape index (κ2) is 2.96. The second-order valence-electron chi connectivity index (χ2n) is 3.30. The summed E-state index contributed by atoms with van der Waals surface area (Å²) >= 11 is 0. The number of phenolic OH excluding ortho intramolecular Hbond substituents is 1. The fourth-order valence-electron chi connectivity index (χ4n) is 1.31. The van der Waals surface area contributed by atoms with Gasteiger partial charge in [-0.1, -0.05) is 0 Å². The molecule has 0 saturated carbocycles. The lowest BCUT2D eigenvalue weighted by molar-refractivity contribution is 0.433. The molecule has 2 rings (SSSR count). The maximum absolute atomic E-state index is 12.9. The van der Waals surface area contributed by atoms with Gasteiger partial charge in [0, 0.05) is 17.7 Å². The predicted octanol–water partition coefficient (Wildman–Crippen LogP) is 1.42. The van der Waals surface area contributed by atoms with E-state index in [-0.39, 0.29) is 5.03 Å². The average Bonchev–Trinajstić information content (AvgIpc) is 2.47. The standard InChI is InChI=1S/C9H8FNO3S/c1-15(13,14)9-3-5-2-6(10)8(12)4-7(5)11-9/h2-4,11-12H,1H3. The fraction of sp³-hybridized carbons (Fsp3) is 0.111. The molecule has 0 spiro atoms. The third-order valence-corrected chi connectivity index (χ3v) is 3.08. The Morgan fingerprint density at radius 3 is 2.60 bits per heavy atom. The SMILES string of the molecule is CS(=O)(=O)c1cc2cc(F)c(O)cc2[nH]1. The number of hydrogen-bond acceptors (Lipinski definition) is 3. The van der Waals surface area contributed by atoms with Gasteiger partial charge in [0.25, 0.3) is 0 Å². The molecule has 0 amide bonds. The van der Waals surface area contributed by atoms with Crippen LogP contribution in [0, 0.1) is 5.82 Å². The minimum Gasteiger partial charge on any atom is -0.505 e. The fourth-order valence-corrected chi connectivity index (χ4v) is 1.95. The molecule has 15 heavy (non-hydrogen) atoms. The zero-order valence-electron chi connectivity index (χ0n) is 7.78. The first-order valence-corrected chi connectivity index (χ1v) is 5.98. The lowest BCUT2D eigenvalue weighted by Gasteiger charge is -1.94. The van der Waals surface area contributed by atoms with Crippen LogP contribution < -0.4 is 0 Å². The number of benzene rings is 1. The van der Waals surface area contributed by atoms with Gasteiger partial charge in [-0.05, 0) is 12.1 Å². The van der Waals surface area contributed by atoms with Gasteiger partial charge in [-0.25, -0.2) is 12.8 Å². The Hall–Kier alpha value is -1.56. The molecule has 0 aliphatic heterocycles. The smallest absolute Gasteiger partial charge is 0.190 e. The van der Waals surface area contributed by atoms with E-state index in [1.165, 1.54) is 6.07 Å². The summed E-state index contributed by atoms with van der Waals surface area (Å²) in [5, 5.41) is 9.50. The van der Waals surface area contributed by atoms with Gasteiger partial charge in [0.15, 0.2) is 21.4 Å². The van der Waals surface area contributed by atoms with Crippen molar-refractivity contribution in [3.63, 3.8) is 0 Å². The third-order valence-electron chi connectivity index (χ3n) is 2.06. The number of aromatic nitrogens is 1. The Bertz CT molecular complexity index is 591. The molecule has 0 bridgehead atoms. The highest BCUT2D eigenvalue weighted by molar-refractivity contribution is 7.90. The average molecular weight is 229 g/mol. The number of phenols is 1. The largest absolute Gasteiger partial charge is 0.505 e. The van der Waals surface area contributed by atoms with Crippen LogP contribution >= 0.6 is 0 Å². The molecule has 0 aliphatic rings. The Balaban J connectivity index is 2.77. The quantitative estimate of drug-likeness (QED) is 0.776. The van der Waals surface area contributed by atoms with E-state index in [1.807, 2.05) is 0 Å². The van der Waals surface area contributed by atoms with Crippen LogP contribution in [0.15, 0.2) is 23.2 Å². The minimum atomic E-state index is -3.35. The molecule has 0 radical (unpaired) electrons. The zero-order valence-corrected chi connectivity index (χ0v) is 8.60. The van der Waals surface area contributed by atoms with Gasteiger partial charge in [0.1, 0.15) is 5.03 Å². The summed E-state index contributed by atoms with van der Waals surface area (Å²) in [6, 6.07) is 3.56. The number of fused-ring (bicyclic) bond motifs is 1. The summed E-state index contributed by atoms with van der Waals surface area (Å²) in [4.78, 5) is 2.59. The monoisotopic (exact) mass is 229 g/mol. The van der Waals surface area contributed by atoms with E-state index in [2.05, 4.69) is 4.98 Å². The van der Waals surface area contributed by atoms with Gasteiger partial charge in [-0.3, -0.25) is 0 Å². The van der Waals surface area contributed by atoms with Crippen LogP contribution in [0.25, 0.3) is 10.9 Å². The van der Waals surface area contributed by atoms with E-state index < -0.39 is 21.4 Å². The van der Waals surface area contributed by atoms with Gasteiger partial charge in [0.2, 0.25) is 0 Å². The van der Waals surface area contributed by atoms with Crippen molar-refractivity contribution in [1.29, 1.82) is 0 Å². The Morgan fingerprint density at radius 1 is 1.33 bits per heavy atom. The lowest BCUT2D eigenvalue weighted by atomic mass is 10.2. The van der Waals surface area contributed by atoms with Crippen molar-refractivity contribution < 1.29 is 17.9 Å². The number of halogens is 1. The number of aromatic amines is 1. The van der Waals surface area contributed by atoms with E-state index in [4.69, 9.17) is 5.11 Å². The van der Waals surface area contributed by atoms with Crippen LogP contribution in [0.3, 0.4) is 0 Å². The maximum atomic E-state index is 12.9. The van der Waals surface area contributed by atoms with Crippen molar-refractivity contribution in [2.45, 2.75) is 5.03 Å². The first-order valence-electron chi connectivity index (χ1n) is 4.09. The van der Waals surface area contributed by atoms with E-state index in [9.17, 15) is 12.8 Å². The summed E-state index contributed by atoms with van der Waals surface area (Å²) in [6.45, 7) is 0. The zero-order chi connectivity index (χ0) is 11.2. The van der Waals surface area contributed by atoms with Crippen LogP contribution in [0.2, 0.25) is 0 Å². The molecule has 80 valence electrons. The number of aromatic hydroxyl groups is 1. The summed E-state index contributed by atoms with van der Waals surface area (Å²) < 4.78 is 35.3. The number of sulfone groups is 1. The normalized spacial score (nSPS) is 12.1. The topological polar surface area (TPSA) is 70.2 Å². The molecule has 0 fully saturated rings. The molecule has 0 unspecified atom stereocenters. The number of H-pyrrole nitrogens is 1. The molecule has 1 aromatic carbocycles. The van der Waals surface area contributed by atoms with Crippen LogP contribution in [-0.4, -0.2) is 24.8 Å². The van der Waals surface area contributed by atoms with Crippen molar-refractivity contribution in [3.8, 4) is 5.75 Å². The Morgan fingerprint density at radius 2 is 2.00 bits per heavy atom. The van der Waals surface area contributed by atoms with Crippen LogP contribution in [0.5, 0.6) is 5.75 Å². The molecule has 0 aliphatic carbocycles. The Kier molecular flexibility index (Phi) is 1.97. The van der Waals surface area contributed by atoms with Crippen LogP contribution in [-0.2, 0) is 9.84 Å². The lowest BCUT2D eigenvalue weighted by Crippen LogP contribution is -1.96. The summed E-state index contributed by atoms with van der Waals surface area (Å²) in [5.41, 5.74) is 0.384. The maximum Gasteiger partial charge on any atom is 0.190 e. The van der Waals surface area contributed by atoms with Crippen molar-refractivity contribution in [1.82, 2.24) is 4.98 Å². The van der Waals surface area contributed by atoms with Crippen molar-refractivity contribution >= 4 is 20.7 Å². The molecular formula is C9H8FNO3S. The van der Waals surface area contributed by atoms with Crippen LogP contribution in [0.4, 0.5) is 4.39 Å². The van der Waals surface area contributed by atoms with Crippen molar-refractivity contribution in [2.75, 3.05) is 6.26 Å². The third kappa shape index (κ3) is 1.68. The first-order chi connectivity index (χ1) is 6.88. The molecule has 6 heteroatoms. The number of nitrogens with one attached hydrogen (secondary N) is 1. The summed E-state index contributed by atoms with van der Waals surface area (Å²) in [7, 11) is -3.35. The van der Waals surface area contributed by atoms with Gasteiger partial charge in [-0.2, -0.15) is 0 Å². The predicted molar refractivity (Wildman–Crippen MR) is 53.0 cm³/mol. The molecule has 2 N–H and O–H groups in total. The molecule has 4 nitrogen and oxygen atoms in total. The molecular weight excluding hydrogens is 221 g/mol. The van der Waals surface area contributed by atoms with Gasteiger partial charge in [-0.15, -0.1) is 0 Å². The number of rotatable bonds is 1. The molecule has 0 saturated heterocycles.